The molecule has 92 valence electrons. The Labute approximate surface area is 94.0 Å². The zero-order valence-electron chi connectivity index (χ0n) is 9.13. The highest BCUT2D eigenvalue weighted by atomic mass is 16.4. The molecule has 0 bridgehead atoms. The summed E-state index contributed by atoms with van der Waals surface area (Å²) in [5.41, 5.74) is 5.31. The minimum absolute atomic E-state index is 0.0800. The number of nitrogens with zero attached hydrogens (tertiary/aromatic N) is 1. The maximum absolute atomic E-state index is 11.6. The van der Waals surface area contributed by atoms with Gasteiger partial charge in [0.25, 0.3) is 0 Å². The van der Waals surface area contributed by atoms with Crippen molar-refractivity contribution in [3.63, 3.8) is 0 Å². The normalized spacial score (nSPS) is 19.5. The Morgan fingerprint density at radius 3 is 2.44 bits per heavy atom. The molecule has 1 aliphatic rings. The lowest BCUT2D eigenvalue weighted by molar-refractivity contribution is -0.139. The zero-order chi connectivity index (χ0) is 12.1. The number of aliphatic hydroxyl groups excluding tert-OH is 1. The Hall–Kier alpha value is -1.14. The van der Waals surface area contributed by atoms with Crippen LogP contribution in [0, 0.1) is 0 Å². The number of hydrogen-bond acceptors (Lipinski definition) is 4. The van der Waals surface area contributed by atoms with E-state index in [9.17, 15) is 14.7 Å². The van der Waals surface area contributed by atoms with Crippen LogP contribution < -0.4 is 5.73 Å². The van der Waals surface area contributed by atoms with Crippen LogP contribution in [0.2, 0.25) is 0 Å². The van der Waals surface area contributed by atoms with E-state index in [1.54, 1.807) is 4.90 Å². The van der Waals surface area contributed by atoms with E-state index in [1.807, 2.05) is 0 Å². The van der Waals surface area contributed by atoms with Crippen molar-refractivity contribution in [3.05, 3.63) is 0 Å². The van der Waals surface area contributed by atoms with Crippen molar-refractivity contribution in [1.82, 2.24) is 4.90 Å². The van der Waals surface area contributed by atoms with Gasteiger partial charge < -0.3 is 20.8 Å². The van der Waals surface area contributed by atoms with Crippen LogP contribution in [0.4, 0.5) is 0 Å². The number of hydrogen-bond donors (Lipinski definition) is 3. The average molecular weight is 230 g/mol. The van der Waals surface area contributed by atoms with Crippen LogP contribution in [0.5, 0.6) is 0 Å². The smallest absolute Gasteiger partial charge is 0.320 e. The third-order valence-corrected chi connectivity index (χ3v) is 2.80. The second-order valence-electron chi connectivity index (χ2n) is 4.10. The first-order valence-corrected chi connectivity index (χ1v) is 5.45. The Morgan fingerprint density at radius 2 is 1.94 bits per heavy atom. The van der Waals surface area contributed by atoms with Gasteiger partial charge in [0.05, 0.1) is 6.10 Å². The highest BCUT2D eigenvalue weighted by molar-refractivity contribution is 5.78. The van der Waals surface area contributed by atoms with E-state index in [0.29, 0.717) is 25.9 Å². The van der Waals surface area contributed by atoms with Crippen LogP contribution in [0.1, 0.15) is 25.7 Å². The summed E-state index contributed by atoms with van der Waals surface area (Å²) in [6.45, 7) is 1.09. The number of carboxylic acids is 1. The quantitative estimate of drug-likeness (QED) is 0.584. The van der Waals surface area contributed by atoms with E-state index in [-0.39, 0.29) is 24.9 Å². The monoisotopic (exact) mass is 230 g/mol. The summed E-state index contributed by atoms with van der Waals surface area (Å²) in [6, 6.07) is -0.973. The number of likely N-dealkylation sites (tertiary alicyclic amines) is 1. The summed E-state index contributed by atoms with van der Waals surface area (Å²) >= 11 is 0. The molecule has 1 aliphatic heterocycles. The van der Waals surface area contributed by atoms with Gasteiger partial charge >= 0.3 is 5.97 Å². The fraction of sp³-hybridized carbons (Fsp3) is 0.800. The van der Waals surface area contributed by atoms with Crippen LogP contribution >= 0.6 is 0 Å². The Morgan fingerprint density at radius 1 is 1.38 bits per heavy atom. The van der Waals surface area contributed by atoms with Gasteiger partial charge in [-0.2, -0.15) is 0 Å². The number of piperidine rings is 1. The SMILES string of the molecule is NC(CCC(=O)N1CCC(O)CC1)C(=O)O. The first-order chi connectivity index (χ1) is 7.50. The second kappa shape index (κ2) is 5.81. The number of carbonyl (C=O) groups is 2. The minimum atomic E-state index is -1.08. The van der Waals surface area contributed by atoms with Gasteiger partial charge in [0.15, 0.2) is 0 Å². The zero-order valence-corrected chi connectivity index (χ0v) is 9.13. The lowest BCUT2D eigenvalue weighted by Crippen LogP contribution is -2.41. The number of nitrogens with two attached hydrogens (primary N) is 1. The molecule has 0 aromatic heterocycles. The van der Waals surface area contributed by atoms with Crippen LogP contribution in [-0.4, -0.2) is 52.2 Å². The van der Waals surface area contributed by atoms with E-state index in [0.717, 1.165) is 0 Å². The van der Waals surface area contributed by atoms with Crippen molar-refractivity contribution in [2.45, 2.75) is 37.8 Å². The van der Waals surface area contributed by atoms with Crippen LogP contribution in [0.25, 0.3) is 0 Å². The molecule has 0 radical (unpaired) electrons. The van der Waals surface area contributed by atoms with Gasteiger partial charge in [-0.1, -0.05) is 0 Å². The third-order valence-electron chi connectivity index (χ3n) is 2.80. The maximum Gasteiger partial charge on any atom is 0.320 e. The van der Waals surface area contributed by atoms with Gasteiger partial charge in [-0.25, -0.2) is 0 Å². The summed E-state index contributed by atoms with van der Waals surface area (Å²) in [6.07, 6.45) is 1.19. The Bertz CT molecular complexity index is 262. The largest absolute Gasteiger partial charge is 0.480 e. The molecule has 1 rings (SSSR count). The predicted molar refractivity (Wildman–Crippen MR) is 56.7 cm³/mol. The minimum Gasteiger partial charge on any atom is -0.480 e. The van der Waals surface area contributed by atoms with Crippen molar-refractivity contribution in [2.75, 3.05) is 13.1 Å². The molecular weight excluding hydrogens is 212 g/mol. The average Bonchev–Trinajstić information content (AvgIpc) is 2.26. The fourth-order valence-corrected chi connectivity index (χ4v) is 1.68. The standard InChI is InChI=1S/C10H18N2O4/c11-8(10(15)16)1-2-9(14)12-5-3-7(13)4-6-12/h7-8,13H,1-6,11H2,(H,15,16). The second-order valence-corrected chi connectivity index (χ2v) is 4.10. The number of carbonyl (C=O) groups excluding carboxylic acids is 1. The van der Waals surface area contributed by atoms with E-state index in [4.69, 9.17) is 10.8 Å². The molecule has 0 aromatic rings. The van der Waals surface area contributed by atoms with Gasteiger partial charge in [0.1, 0.15) is 6.04 Å². The van der Waals surface area contributed by atoms with E-state index >= 15 is 0 Å². The summed E-state index contributed by atoms with van der Waals surface area (Å²) in [5, 5.41) is 17.8. The molecule has 6 heteroatoms. The molecule has 16 heavy (non-hydrogen) atoms. The van der Waals surface area contributed by atoms with E-state index in [2.05, 4.69) is 0 Å². The molecule has 1 saturated heterocycles. The molecule has 0 spiro atoms. The lowest BCUT2D eigenvalue weighted by Gasteiger charge is -2.29. The van der Waals surface area contributed by atoms with Gasteiger partial charge in [0.2, 0.25) is 5.91 Å². The topological polar surface area (TPSA) is 104 Å². The molecule has 1 atom stereocenters. The highest BCUT2D eigenvalue weighted by Crippen LogP contribution is 2.11. The van der Waals surface area contributed by atoms with E-state index in [1.165, 1.54) is 0 Å². The summed E-state index contributed by atoms with van der Waals surface area (Å²) in [4.78, 5) is 23.7. The van der Waals surface area contributed by atoms with Crippen molar-refractivity contribution < 1.29 is 19.8 Å². The number of aliphatic hydroxyl groups is 1. The number of amides is 1. The molecule has 4 N–H and O–H groups in total. The predicted octanol–water partition coefficient (Wildman–Crippen LogP) is -0.838. The Balaban J connectivity index is 2.27. The molecule has 1 heterocycles. The number of rotatable bonds is 4. The molecule has 1 amide bonds. The van der Waals surface area contributed by atoms with Crippen molar-refractivity contribution in [1.29, 1.82) is 0 Å². The van der Waals surface area contributed by atoms with Gasteiger partial charge in [-0.15, -0.1) is 0 Å². The molecule has 0 aliphatic carbocycles. The van der Waals surface area contributed by atoms with Gasteiger partial charge in [-0.3, -0.25) is 9.59 Å². The Kier molecular flexibility index (Phi) is 4.70. The summed E-state index contributed by atoms with van der Waals surface area (Å²) < 4.78 is 0. The molecule has 0 aromatic carbocycles. The molecular formula is C10H18N2O4. The van der Waals surface area contributed by atoms with Crippen molar-refractivity contribution in [3.8, 4) is 0 Å². The van der Waals surface area contributed by atoms with Crippen LogP contribution in [-0.2, 0) is 9.59 Å². The molecule has 1 unspecified atom stereocenters. The van der Waals surface area contributed by atoms with Crippen molar-refractivity contribution in [2.24, 2.45) is 5.73 Å². The molecule has 1 fully saturated rings. The summed E-state index contributed by atoms with van der Waals surface area (Å²) in [5.74, 6) is -1.16. The summed E-state index contributed by atoms with van der Waals surface area (Å²) in [7, 11) is 0. The fourth-order valence-electron chi connectivity index (χ4n) is 1.68. The third kappa shape index (κ3) is 3.79. The van der Waals surface area contributed by atoms with Gasteiger partial charge in [0, 0.05) is 19.5 Å². The highest BCUT2D eigenvalue weighted by Gasteiger charge is 2.22. The van der Waals surface area contributed by atoms with Crippen molar-refractivity contribution >= 4 is 11.9 Å². The molecule has 6 nitrogen and oxygen atoms in total. The number of carboxylic acid groups (broad SMARTS) is 1. The van der Waals surface area contributed by atoms with Gasteiger partial charge in [-0.05, 0) is 19.3 Å². The van der Waals surface area contributed by atoms with Crippen LogP contribution in [0.3, 0.4) is 0 Å². The first-order valence-electron chi connectivity index (χ1n) is 5.45. The first kappa shape index (κ1) is 12.9. The van der Waals surface area contributed by atoms with E-state index < -0.39 is 12.0 Å². The lowest BCUT2D eigenvalue weighted by atomic mass is 10.1. The maximum atomic E-state index is 11.6. The number of aliphatic carboxylic acids is 1. The van der Waals surface area contributed by atoms with Crippen LogP contribution in [0.15, 0.2) is 0 Å². The molecule has 0 saturated carbocycles.